The van der Waals surface area contributed by atoms with E-state index in [1.54, 1.807) is 0 Å². The quantitative estimate of drug-likeness (QED) is 0.811. The van der Waals surface area contributed by atoms with Crippen LogP contribution in [0.15, 0.2) is 0 Å². The molecule has 0 amide bonds. The molecule has 0 saturated carbocycles. The first-order chi connectivity index (χ1) is 10.2. The van der Waals surface area contributed by atoms with Crippen LogP contribution in [0.4, 0.5) is 0 Å². The molecule has 2 rings (SSSR count). The van der Waals surface area contributed by atoms with Gasteiger partial charge in [0.2, 0.25) is 0 Å². The lowest BCUT2D eigenvalue weighted by atomic mass is 9.75. The van der Waals surface area contributed by atoms with E-state index in [4.69, 9.17) is 5.11 Å². The van der Waals surface area contributed by atoms with Crippen molar-refractivity contribution in [3.8, 4) is 0 Å². The lowest BCUT2D eigenvalue weighted by Gasteiger charge is -2.30. The molecule has 0 fully saturated rings. The van der Waals surface area contributed by atoms with Gasteiger partial charge in [0.1, 0.15) is 0 Å². The Kier molecular flexibility index (Phi) is 4.78. The first-order valence-electron chi connectivity index (χ1n) is 8.16. The highest BCUT2D eigenvalue weighted by molar-refractivity contribution is 6.00. The maximum absolute atomic E-state index is 12.5. The number of unbranched alkanes of at least 4 members (excludes halogenated alkanes) is 2. The number of Topliss-reactive ketones (excluding diaryl/α,β-unsaturated/α-hetero) is 1. The van der Waals surface area contributed by atoms with E-state index in [-0.39, 0.29) is 17.6 Å². The molecule has 1 heterocycles. The first-order valence-corrected chi connectivity index (χ1v) is 8.16. The number of carbonyl (C=O) groups is 2. The van der Waals surface area contributed by atoms with Crippen LogP contribution in [0.1, 0.15) is 73.3 Å². The Morgan fingerprint density at radius 1 is 1.18 bits per heavy atom. The summed E-state index contributed by atoms with van der Waals surface area (Å²) in [5.74, 6) is -0.450. The zero-order valence-electron chi connectivity index (χ0n) is 14.2. The highest BCUT2D eigenvalue weighted by Gasteiger charge is 2.35. The summed E-state index contributed by atoms with van der Waals surface area (Å²) in [4.78, 5) is 23.0. The summed E-state index contributed by atoms with van der Waals surface area (Å²) in [6.45, 7) is 9.33. The van der Waals surface area contributed by atoms with Crippen molar-refractivity contribution in [1.29, 1.82) is 0 Å². The minimum Gasteiger partial charge on any atom is -0.481 e. The molecule has 0 unspecified atom stereocenters. The van der Waals surface area contributed by atoms with E-state index < -0.39 is 5.97 Å². The summed E-state index contributed by atoms with van der Waals surface area (Å²) < 4.78 is 2.30. The number of carboxylic acids is 1. The molecule has 0 aromatic carbocycles. The summed E-state index contributed by atoms with van der Waals surface area (Å²) in [7, 11) is 0. The SMILES string of the molecule is Cc1c2c(n(CCCCCC(=O)O)c1C)CC(C)(C)CC2=O. The predicted octanol–water partition coefficient (Wildman–Crippen LogP) is 3.91. The van der Waals surface area contributed by atoms with Crippen molar-refractivity contribution in [3.05, 3.63) is 22.5 Å². The number of carboxylic acid groups (broad SMARTS) is 1. The molecule has 1 aliphatic carbocycles. The monoisotopic (exact) mass is 305 g/mol. The fraction of sp³-hybridized carbons (Fsp3) is 0.667. The molecule has 0 saturated heterocycles. The highest BCUT2D eigenvalue weighted by Crippen LogP contribution is 2.38. The summed E-state index contributed by atoms with van der Waals surface area (Å²) in [5.41, 5.74) is 4.48. The molecule has 0 radical (unpaired) electrons. The molecule has 0 bridgehead atoms. The third kappa shape index (κ3) is 3.42. The number of hydrogen-bond acceptors (Lipinski definition) is 2. The molecule has 0 aliphatic heterocycles. The largest absolute Gasteiger partial charge is 0.481 e. The summed E-state index contributed by atoms with van der Waals surface area (Å²) in [6, 6.07) is 0. The van der Waals surface area contributed by atoms with E-state index in [2.05, 4.69) is 25.3 Å². The minimum absolute atomic E-state index is 0.0301. The molecule has 122 valence electrons. The highest BCUT2D eigenvalue weighted by atomic mass is 16.4. The zero-order valence-corrected chi connectivity index (χ0v) is 14.2. The van der Waals surface area contributed by atoms with Gasteiger partial charge < -0.3 is 9.67 Å². The maximum atomic E-state index is 12.5. The fourth-order valence-corrected chi connectivity index (χ4v) is 3.56. The number of nitrogens with zero attached hydrogens (tertiary/aromatic N) is 1. The Hall–Kier alpha value is -1.58. The van der Waals surface area contributed by atoms with Gasteiger partial charge in [-0.25, -0.2) is 0 Å². The van der Waals surface area contributed by atoms with Crippen molar-refractivity contribution in [2.45, 2.75) is 72.8 Å². The van der Waals surface area contributed by atoms with Gasteiger partial charge in [0.15, 0.2) is 5.78 Å². The molecule has 1 aromatic rings. The third-order valence-corrected chi connectivity index (χ3v) is 4.77. The van der Waals surface area contributed by atoms with Gasteiger partial charge in [-0.2, -0.15) is 0 Å². The number of carbonyl (C=O) groups excluding carboxylic acids is 1. The van der Waals surface area contributed by atoms with Gasteiger partial charge in [-0.1, -0.05) is 20.3 Å². The van der Waals surface area contributed by atoms with E-state index in [9.17, 15) is 9.59 Å². The van der Waals surface area contributed by atoms with Crippen molar-refractivity contribution >= 4 is 11.8 Å². The molecule has 1 aliphatic rings. The second-order valence-corrected chi connectivity index (χ2v) is 7.33. The Bertz CT molecular complexity index is 596. The molecule has 22 heavy (non-hydrogen) atoms. The van der Waals surface area contributed by atoms with Crippen LogP contribution in [0, 0.1) is 19.3 Å². The standard InChI is InChI=1S/C18H27NO3/c1-12-13(2)19(9-7-5-6-8-16(21)22)14-10-18(3,4)11-15(20)17(12)14/h5-11H2,1-4H3,(H,21,22). The second-order valence-electron chi connectivity index (χ2n) is 7.33. The van der Waals surface area contributed by atoms with Crippen LogP contribution < -0.4 is 0 Å². The number of aliphatic carboxylic acids is 1. The lowest BCUT2D eigenvalue weighted by molar-refractivity contribution is -0.137. The van der Waals surface area contributed by atoms with E-state index >= 15 is 0 Å². The van der Waals surface area contributed by atoms with Crippen LogP contribution in [0.25, 0.3) is 0 Å². The van der Waals surface area contributed by atoms with Crippen LogP contribution in [0.2, 0.25) is 0 Å². The Morgan fingerprint density at radius 2 is 1.86 bits per heavy atom. The first kappa shape index (κ1) is 16.8. The van der Waals surface area contributed by atoms with Crippen LogP contribution in [0.5, 0.6) is 0 Å². The zero-order chi connectivity index (χ0) is 16.5. The second kappa shape index (κ2) is 6.27. The number of rotatable bonds is 6. The van der Waals surface area contributed by atoms with Gasteiger partial charge in [0.25, 0.3) is 0 Å². The number of ketones is 1. The van der Waals surface area contributed by atoms with Gasteiger partial charge in [0.05, 0.1) is 0 Å². The number of fused-ring (bicyclic) bond motifs is 1. The molecule has 4 heteroatoms. The smallest absolute Gasteiger partial charge is 0.303 e. The van der Waals surface area contributed by atoms with E-state index in [1.807, 2.05) is 6.92 Å². The molecule has 4 nitrogen and oxygen atoms in total. The third-order valence-electron chi connectivity index (χ3n) is 4.77. The lowest BCUT2D eigenvalue weighted by Crippen LogP contribution is -2.28. The van der Waals surface area contributed by atoms with Gasteiger partial charge in [-0.15, -0.1) is 0 Å². The summed E-state index contributed by atoms with van der Waals surface area (Å²) in [6.07, 6.45) is 4.41. The van der Waals surface area contributed by atoms with E-state index in [0.29, 0.717) is 6.42 Å². The van der Waals surface area contributed by atoms with Crippen LogP contribution in [0.3, 0.4) is 0 Å². The Balaban J connectivity index is 2.14. The average molecular weight is 305 g/mol. The fourth-order valence-electron chi connectivity index (χ4n) is 3.56. The molecule has 0 atom stereocenters. The minimum atomic E-state index is -0.724. The topological polar surface area (TPSA) is 59.3 Å². The van der Waals surface area contributed by atoms with Crippen LogP contribution >= 0.6 is 0 Å². The normalized spacial score (nSPS) is 16.6. The summed E-state index contributed by atoms with van der Waals surface area (Å²) >= 11 is 0. The predicted molar refractivity (Wildman–Crippen MR) is 86.4 cm³/mol. The van der Waals surface area contributed by atoms with Gasteiger partial charge in [-0.05, 0) is 44.1 Å². The van der Waals surface area contributed by atoms with Crippen molar-refractivity contribution in [1.82, 2.24) is 4.57 Å². The number of hydrogen-bond donors (Lipinski definition) is 1. The Labute approximate surface area is 132 Å². The van der Waals surface area contributed by atoms with Crippen LogP contribution in [-0.2, 0) is 17.8 Å². The molecular weight excluding hydrogens is 278 g/mol. The van der Waals surface area contributed by atoms with Crippen LogP contribution in [-0.4, -0.2) is 21.4 Å². The maximum Gasteiger partial charge on any atom is 0.303 e. The van der Waals surface area contributed by atoms with Crippen molar-refractivity contribution < 1.29 is 14.7 Å². The Morgan fingerprint density at radius 3 is 2.50 bits per heavy atom. The molecule has 1 N–H and O–H groups in total. The van der Waals surface area contributed by atoms with E-state index in [0.717, 1.165) is 43.4 Å². The van der Waals surface area contributed by atoms with Gasteiger partial charge in [0, 0.05) is 36.3 Å². The van der Waals surface area contributed by atoms with Gasteiger partial charge >= 0.3 is 5.97 Å². The van der Waals surface area contributed by atoms with Gasteiger partial charge in [-0.3, -0.25) is 9.59 Å². The molecule has 0 spiro atoms. The van der Waals surface area contributed by atoms with Crippen molar-refractivity contribution in [2.75, 3.05) is 0 Å². The van der Waals surface area contributed by atoms with E-state index in [1.165, 1.54) is 11.4 Å². The molecular formula is C18H27NO3. The average Bonchev–Trinajstić information content (AvgIpc) is 2.61. The van der Waals surface area contributed by atoms with Crippen molar-refractivity contribution in [3.63, 3.8) is 0 Å². The molecule has 1 aromatic heterocycles. The van der Waals surface area contributed by atoms with Crippen molar-refractivity contribution in [2.24, 2.45) is 5.41 Å². The summed E-state index contributed by atoms with van der Waals surface area (Å²) in [5, 5.41) is 8.68. The number of aromatic nitrogens is 1.